The quantitative estimate of drug-likeness (QED) is 0.610. The molecule has 0 aliphatic rings. The third kappa shape index (κ3) is 7.80. The minimum atomic E-state index is -2.35. The monoisotopic (exact) mass is 280 g/mol. The third-order valence-electron chi connectivity index (χ3n) is 3.76. The molecule has 0 amide bonds. The van der Waals surface area contributed by atoms with E-state index in [1.807, 2.05) is 0 Å². The normalized spacial score (nSPS) is 12.9. The summed E-state index contributed by atoms with van der Waals surface area (Å²) in [6.07, 6.45) is -0.473. The summed E-state index contributed by atoms with van der Waals surface area (Å²) >= 11 is 0. The molecule has 0 saturated carbocycles. The Balaban J connectivity index is 4.64. The molecule has 0 aliphatic carbocycles. The Kier molecular flexibility index (Phi) is 9.48. The van der Waals surface area contributed by atoms with E-state index in [1.165, 1.54) is 0 Å². The van der Waals surface area contributed by atoms with Crippen molar-refractivity contribution in [2.75, 3.05) is 32.8 Å². The van der Waals surface area contributed by atoms with Crippen molar-refractivity contribution in [1.29, 1.82) is 0 Å². The molecular weight excluding hydrogens is 250 g/mol. The first-order valence-corrected chi connectivity index (χ1v) is 7.23. The summed E-state index contributed by atoms with van der Waals surface area (Å²) in [4.78, 5) is 1.68. The Hall–Kier alpha value is -0.260. The van der Waals surface area contributed by atoms with E-state index in [-0.39, 0.29) is 18.6 Å². The van der Waals surface area contributed by atoms with E-state index in [9.17, 15) is 8.78 Å². The molecule has 0 aliphatic heterocycles. The highest BCUT2D eigenvalue weighted by Crippen LogP contribution is 2.27. The molecule has 0 unspecified atom stereocenters. The summed E-state index contributed by atoms with van der Waals surface area (Å²) in [6.45, 7) is 9.77. The molecule has 0 spiro atoms. The number of hydrogen-bond donors (Lipinski definition) is 2. The summed E-state index contributed by atoms with van der Waals surface area (Å²) in [6, 6.07) is 0.388. The number of alkyl halides is 2. The Bertz CT molecular complexity index is 221. The van der Waals surface area contributed by atoms with Gasteiger partial charge in [0.1, 0.15) is 0 Å². The summed E-state index contributed by atoms with van der Waals surface area (Å²) in [5.41, 5.74) is -0.00562. The van der Waals surface area contributed by atoms with Crippen molar-refractivity contribution in [2.24, 2.45) is 5.41 Å². The molecule has 0 bridgehead atoms. The van der Waals surface area contributed by atoms with Crippen molar-refractivity contribution in [3.05, 3.63) is 0 Å². The first kappa shape index (κ1) is 18.7. The lowest BCUT2D eigenvalue weighted by molar-refractivity contribution is 0.0467. The van der Waals surface area contributed by atoms with Gasteiger partial charge >= 0.3 is 0 Å². The minimum absolute atomic E-state index is 0.00562. The molecule has 0 radical (unpaired) electrons. The second kappa shape index (κ2) is 9.61. The number of aliphatic hydroxyl groups is 1. The van der Waals surface area contributed by atoms with Crippen LogP contribution >= 0.6 is 0 Å². The average molecular weight is 280 g/mol. The fraction of sp³-hybridized carbons (Fsp3) is 1.00. The molecule has 0 saturated heterocycles. The highest BCUT2D eigenvalue weighted by molar-refractivity contribution is 4.84. The average Bonchev–Trinajstić information content (AvgIpc) is 2.34. The Morgan fingerprint density at radius 3 is 2.16 bits per heavy atom. The van der Waals surface area contributed by atoms with Gasteiger partial charge in [-0.15, -0.1) is 0 Å². The van der Waals surface area contributed by atoms with Crippen molar-refractivity contribution in [2.45, 2.75) is 53.0 Å². The molecule has 2 N–H and O–H groups in total. The van der Waals surface area contributed by atoms with Gasteiger partial charge in [0, 0.05) is 25.7 Å². The summed E-state index contributed by atoms with van der Waals surface area (Å²) in [5, 5.41) is 12.4. The van der Waals surface area contributed by atoms with E-state index >= 15 is 0 Å². The maximum absolute atomic E-state index is 12.6. The van der Waals surface area contributed by atoms with Crippen LogP contribution in [-0.4, -0.2) is 55.3 Å². The molecule has 19 heavy (non-hydrogen) atoms. The molecule has 0 aromatic heterocycles. The van der Waals surface area contributed by atoms with Gasteiger partial charge in [-0.1, -0.05) is 27.7 Å². The van der Waals surface area contributed by atoms with Crippen LogP contribution in [0.3, 0.4) is 0 Å². The van der Waals surface area contributed by atoms with Crippen molar-refractivity contribution < 1.29 is 13.9 Å². The zero-order valence-corrected chi connectivity index (χ0v) is 12.8. The second-order valence-corrected chi connectivity index (χ2v) is 5.59. The second-order valence-electron chi connectivity index (χ2n) is 5.59. The lowest BCUT2D eigenvalue weighted by Gasteiger charge is -2.38. The van der Waals surface area contributed by atoms with E-state index in [0.29, 0.717) is 19.1 Å². The predicted molar refractivity (Wildman–Crippen MR) is 75.7 cm³/mol. The predicted octanol–water partition coefficient (Wildman–Crippen LogP) is 2.35. The molecule has 0 aromatic rings. The van der Waals surface area contributed by atoms with Gasteiger partial charge in [-0.25, -0.2) is 8.78 Å². The summed E-state index contributed by atoms with van der Waals surface area (Å²) in [5.74, 6) is 0. The molecule has 0 fully saturated rings. The number of nitrogens with zero attached hydrogens (tertiary/aromatic N) is 1. The van der Waals surface area contributed by atoms with Gasteiger partial charge < -0.3 is 10.4 Å². The van der Waals surface area contributed by atoms with Crippen LogP contribution in [0, 0.1) is 5.41 Å². The number of halogens is 2. The van der Waals surface area contributed by atoms with E-state index in [1.54, 1.807) is 4.90 Å². The number of aliphatic hydroxyl groups excluding tert-OH is 1. The molecule has 116 valence electrons. The molecular formula is C14H30F2N2O. The zero-order chi connectivity index (χ0) is 14.9. The van der Waals surface area contributed by atoms with Gasteiger partial charge in [-0.2, -0.15) is 0 Å². The highest BCUT2D eigenvalue weighted by atomic mass is 19.3. The molecule has 0 aromatic carbocycles. The van der Waals surface area contributed by atoms with Gasteiger partial charge in [-0.3, -0.25) is 4.90 Å². The standard InChI is InChI=1S/C14H30F2N2O/c1-5-14(6-2,10-17-12(3)4)11-18(7-8-19)9-13(15)16/h12-13,17,19H,5-11H2,1-4H3. The first-order chi connectivity index (χ1) is 8.89. The van der Waals surface area contributed by atoms with Crippen LogP contribution in [0.15, 0.2) is 0 Å². The van der Waals surface area contributed by atoms with Crippen molar-refractivity contribution in [1.82, 2.24) is 10.2 Å². The van der Waals surface area contributed by atoms with Gasteiger partial charge in [0.05, 0.1) is 13.2 Å². The first-order valence-electron chi connectivity index (χ1n) is 7.23. The van der Waals surface area contributed by atoms with E-state index in [4.69, 9.17) is 5.11 Å². The van der Waals surface area contributed by atoms with Gasteiger partial charge in [0.25, 0.3) is 6.43 Å². The van der Waals surface area contributed by atoms with Crippen LogP contribution in [0.2, 0.25) is 0 Å². The molecule has 5 heteroatoms. The van der Waals surface area contributed by atoms with Crippen molar-refractivity contribution in [3.8, 4) is 0 Å². The maximum Gasteiger partial charge on any atom is 0.251 e. The summed E-state index contributed by atoms with van der Waals surface area (Å²) < 4.78 is 25.1. The smallest absolute Gasteiger partial charge is 0.251 e. The minimum Gasteiger partial charge on any atom is -0.395 e. The van der Waals surface area contributed by atoms with Crippen molar-refractivity contribution in [3.63, 3.8) is 0 Å². The Labute approximate surface area is 116 Å². The van der Waals surface area contributed by atoms with E-state index in [0.717, 1.165) is 19.4 Å². The number of rotatable bonds is 11. The summed E-state index contributed by atoms with van der Waals surface area (Å²) in [7, 11) is 0. The van der Waals surface area contributed by atoms with E-state index in [2.05, 4.69) is 33.0 Å². The largest absolute Gasteiger partial charge is 0.395 e. The fourth-order valence-corrected chi connectivity index (χ4v) is 2.25. The number of hydrogen-bond acceptors (Lipinski definition) is 3. The van der Waals surface area contributed by atoms with Gasteiger partial charge in [0.2, 0.25) is 0 Å². The van der Waals surface area contributed by atoms with Crippen LogP contribution in [-0.2, 0) is 0 Å². The lowest BCUT2D eigenvalue weighted by atomic mass is 9.81. The molecule has 0 rings (SSSR count). The van der Waals surface area contributed by atoms with E-state index < -0.39 is 6.43 Å². The fourth-order valence-electron chi connectivity index (χ4n) is 2.25. The topological polar surface area (TPSA) is 35.5 Å². The molecule has 0 atom stereocenters. The highest BCUT2D eigenvalue weighted by Gasteiger charge is 2.29. The third-order valence-corrected chi connectivity index (χ3v) is 3.76. The number of nitrogens with one attached hydrogen (secondary N) is 1. The van der Waals surface area contributed by atoms with Crippen LogP contribution < -0.4 is 5.32 Å². The van der Waals surface area contributed by atoms with Crippen LogP contribution in [0.1, 0.15) is 40.5 Å². The van der Waals surface area contributed by atoms with Gasteiger partial charge in [-0.05, 0) is 18.3 Å². The van der Waals surface area contributed by atoms with Crippen LogP contribution in [0.25, 0.3) is 0 Å². The van der Waals surface area contributed by atoms with Crippen LogP contribution in [0.4, 0.5) is 8.78 Å². The zero-order valence-electron chi connectivity index (χ0n) is 12.8. The van der Waals surface area contributed by atoms with Gasteiger partial charge in [0.15, 0.2) is 0 Å². The molecule has 3 nitrogen and oxygen atoms in total. The van der Waals surface area contributed by atoms with Crippen LogP contribution in [0.5, 0.6) is 0 Å². The lowest BCUT2D eigenvalue weighted by Crippen LogP contribution is -2.47. The Morgan fingerprint density at radius 1 is 1.21 bits per heavy atom. The SMILES string of the molecule is CCC(CC)(CNC(C)C)CN(CCO)CC(F)F. The molecule has 0 heterocycles. The van der Waals surface area contributed by atoms with Crippen molar-refractivity contribution >= 4 is 0 Å². The Morgan fingerprint density at radius 2 is 1.79 bits per heavy atom. The maximum atomic E-state index is 12.6.